The number of allylic oxidation sites excluding steroid dienone is 1. The van der Waals surface area contributed by atoms with Gasteiger partial charge in [-0.3, -0.25) is 4.79 Å². The number of carbonyl (C=O) groups excluding carboxylic acids is 1. The lowest BCUT2D eigenvalue weighted by Gasteiger charge is -2.05. The second-order valence-corrected chi connectivity index (χ2v) is 5.77. The number of carbonyl (C=O) groups is 1. The molecule has 3 aromatic rings. The zero-order chi connectivity index (χ0) is 19.4. The van der Waals surface area contributed by atoms with Crippen LogP contribution in [0.1, 0.15) is 21.7 Å². The number of amides is 1. The lowest BCUT2D eigenvalue weighted by Crippen LogP contribution is -2.22. The zero-order valence-corrected chi connectivity index (χ0v) is 14.3. The lowest BCUT2D eigenvalue weighted by atomic mass is 10.1. The molecule has 0 aliphatic carbocycles. The minimum absolute atomic E-state index is 0.0243. The quantitative estimate of drug-likeness (QED) is 0.675. The van der Waals surface area contributed by atoms with E-state index in [-0.39, 0.29) is 22.8 Å². The normalized spacial score (nSPS) is 11.1. The van der Waals surface area contributed by atoms with Crippen LogP contribution in [0.15, 0.2) is 64.7 Å². The van der Waals surface area contributed by atoms with Crippen LogP contribution >= 0.6 is 0 Å². The molecule has 0 aliphatic heterocycles. The summed E-state index contributed by atoms with van der Waals surface area (Å²) in [5.74, 6) is -1.43. The second kappa shape index (κ2) is 7.67. The standard InChI is InChI=1S/C21H14F2N2O2/c1-13-4-2-3-5-17(13)21(26)25-15(12-24)11-16-7-9-20(27-16)18-8-6-14(22)10-19(18)23/h2-11H,1H3,(H,25,26)/b15-11+. The van der Waals surface area contributed by atoms with Crippen LogP contribution in [-0.2, 0) is 0 Å². The van der Waals surface area contributed by atoms with E-state index in [1.807, 2.05) is 12.1 Å². The van der Waals surface area contributed by atoms with Crippen LogP contribution in [-0.4, -0.2) is 5.91 Å². The number of nitriles is 1. The van der Waals surface area contributed by atoms with Crippen molar-refractivity contribution in [3.05, 3.63) is 88.8 Å². The highest BCUT2D eigenvalue weighted by molar-refractivity contribution is 5.97. The van der Waals surface area contributed by atoms with Crippen LogP contribution in [0.3, 0.4) is 0 Å². The molecule has 3 rings (SSSR count). The van der Waals surface area contributed by atoms with Gasteiger partial charge in [0.25, 0.3) is 5.91 Å². The molecule has 0 saturated heterocycles. The highest BCUT2D eigenvalue weighted by Crippen LogP contribution is 2.26. The molecule has 0 unspecified atom stereocenters. The Labute approximate surface area is 154 Å². The van der Waals surface area contributed by atoms with Gasteiger partial charge in [-0.2, -0.15) is 5.26 Å². The maximum absolute atomic E-state index is 13.8. The predicted molar refractivity (Wildman–Crippen MR) is 96.3 cm³/mol. The van der Waals surface area contributed by atoms with Crippen molar-refractivity contribution in [1.29, 1.82) is 5.26 Å². The van der Waals surface area contributed by atoms with Gasteiger partial charge >= 0.3 is 0 Å². The van der Waals surface area contributed by atoms with E-state index in [9.17, 15) is 18.8 Å². The maximum atomic E-state index is 13.8. The molecule has 0 bridgehead atoms. The Morgan fingerprint density at radius 3 is 2.63 bits per heavy atom. The Balaban J connectivity index is 1.83. The third-order valence-corrected chi connectivity index (χ3v) is 3.87. The van der Waals surface area contributed by atoms with Gasteiger partial charge in [-0.05, 0) is 42.8 Å². The number of aryl methyl sites for hydroxylation is 1. The third kappa shape index (κ3) is 4.10. The highest BCUT2D eigenvalue weighted by atomic mass is 19.1. The van der Waals surface area contributed by atoms with E-state index in [0.717, 1.165) is 17.7 Å². The largest absolute Gasteiger partial charge is 0.457 e. The Kier molecular flexibility index (Phi) is 5.13. The molecule has 4 nitrogen and oxygen atoms in total. The van der Waals surface area contributed by atoms with E-state index >= 15 is 0 Å². The molecule has 0 radical (unpaired) electrons. The van der Waals surface area contributed by atoms with E-state index in [0.29, 0.717) is 5.56 Å². The third-order valence-electron chi connectivity index (χ3n) is 3.87. The molecule has 0 saturated carbocycles. The van der Waals surface area contributed by atoms with Gasteiger partial charge in [0, 0.05) is 17.7 Å². The fourth-order valence-electron chi connectivity index (χ4n) is 2.52. The van der Waals surface area contributed by atoms with Crippen molar-refractivity contribution in [2.75, 3.05) is 0 Å². The van der Waals surface area contributed by atoms with Crippen LogP contribution in [0.2, 0.25) is 0 Å². The minimum Gasteiger partial charge on any atom is -0.457 e. The summed E-state index contributed by atoms with van der Waals surface area (Å²) in [7, 11) is 0. The molecule has 27 heavy (non-hydrogen) atoms. The van der Waals surface area contributed by atoms with Gasteiger partial charge in [-0.25, -0.2) is 8.78 Å². The SMILES string of the molecule is Cc1ccccc1C(=O)N/C(C#N)=C/c1ccc(-c2ccc(F)cc2F)o1. The van der Waals surface area contributed by atoms with Crippen molar-refractivity contribution < 1.29 is 18.0 Å². The summed E-state index contributed by atoms with van der Waals surface area (Å²) in [5.41, 5.74) is 1.30. The van der Waals surface area contributed by atoms with Crippen molar-refractivity contribution in [3.8, 4) is 17.4 Å². The average molecular weight is 364 g/mol. The number of hydrogen-bond donors (Lipinski definition) is 1. The van der Waals surface area contributed by atoms with Gasteiger partial charge in [-0.1, -0.05) is 18.2 Å². The molecule has 2 aromatic carbocycles. The zero-order valence-electron chi connectivity index (χ0n) is 14.3. The summed E-state index contributed by atoms with van der Waals surface area (Å²) in [6.07, 6.45) is 1.33. The van der Waals surface area contributed by atoms with Crippen LogP contribution in [0, 0.1) is 29.9 Å². The van der Waals surface area contributed by atoms with Crippen molar-refractivity contribution in [1.82, 2.24) is 5.32 Å². The van der Waals surface area contributed by atoms with Crippen LogP contribution in [0.5, 0.6) is 0 Å². The molecule has 1 N–H and O–H groups in total. The van der Waals surface area contributed by atoms with Crippen LogP contribution in [0.25, 0.3) is 17.4 Å². The number of halogens is 2. The molecule has 0 aliphatic rings. The van der Waals surface area contributed by atoms with E-state index in [1.165, 1.54) is 24.3 Å². The summed E-state index contributed by atoms with van der Waals surface area (Å²) < 4.78 is 32.4. The minimum atomic E-state index is -0.756. The van der Waals surface area contributed by atoms with Crippen molar-refractivity contribution >= 4 is 12.0 Å². The van der Waals surface area contributed by atoms with E-state index < -0.39 is 17.5 Å². The Bertz CT molecular complexity index is 1080. The Morgan fingerprint density at radius 1 is 1.15 bits per heavy atom. The summed E-state index contributed by atoms with van der Waals surface area (Å²) in [4.78, 5) is 12.3. The van der Waals surface area contributed by atoms with Gasteiger partial charge < -0.3 is 9.73 Å². The van der Waals surface area contributed by atoms with Crippen LogP contribution < -0.4 is 5.32 Å². The number of nitrogens with one attached hydrogen (secondary N) is 1. The van der Waals surface area contributed by atoms with E-state index in [2.05, 4.69) is 5.32 Å². The predicted octanol–water partition coefficient (Wildman–Crippen LogP) is 4.83. The van der Waals surface area contributed by atoms with Gasteiger partial charge in [0.15, 0.2) is 0 Å². The summed E-state index contributed by atoms with van der Waals surface area (Å²) in [6, 6.07) is 15.0. The summed E-state index contributed by atoms with van der Waals surface area (Å²) in [5, 5.41) is 11.8. The van der Waals surface area contributed by atoms with Crippen LogP contribution in [0.4, 0.5) is 8.78 Å². The van der Waals surface area contributed by atoms with Crippen molar-refractivity contribution in [2.24, 2.45) is 0 Å². The van der Waals surface area contributed by atoms with Crippen molar-refractivity contribution in [3.63, 3.8) is 0 Å². The van der Waals surface area contributed by atoms with E-state index in [4.69, 9.17) is 4.42 Å². The van der Waals surface area contributed by atoms with E-state index in [1.54, 1.807) is 25.1 Å². The lowest BCUT2D eigenvalue weighted by molar-refractivity contribution is 0.0967. The molecular weight excluding hydrogens is 350 g/mol. The highest BCUT2D eigenvalue weighted by Gasteiger charge is 2.13. The monoisotopic (exact) mass is 364 g/mol. The molecule has 0 spiro atoms. The molecule has 134 valence electrons. The molecular formula is C21H14F2N2O2. The number of hydrogen-bond acceptors (Lipinski definition) is 3. The topological polar surface area (TPSA) is 66.0 Å². The molecule has 0 atom stereocenters. The molecule has 1 heterocycles. The second-order valence-electron chi connectivity index (χ2n) is 5.77. The smallest absolute Gasteiger partial charge is 0.256 e. The number of furan rings is 1. The fraction of sp³-hybridized carbons (Fsp3) is 0.0476. The Hall–Kier alpha value is -3.72. The first-order valence-electron chi connectivity index (χ1n) is 8.02. The summed E-state index contributed by atoms with van der Waals surface area (Å²) in [6.45, 7) is 1.79. The fourth-order valence-corrected chi connectivity index (χ4v) is 2.52. The first kappa shape index (κ1) is 18.1. The number of nitrogens with zero attached hydrogens (tertiary/aromatic N) is 1. The number of benzene rings is 2. The Morgan fingerprint density at radius 2 is 1.93 bits per heavy atom. The summed E-state index contributed by atoms with van der Waals surface area (Å²) >= 11 is 0. The maximum Gasteiger partial charge on any atom is 0.256 e. The van der Waals surface area contributed by atoms with Crippen molar-refractivity contribution in [2.45, 2.75) is 6.92 Å². The molecule has 1 amide bonds. The number of rotatable bonds is 4. The average Bonchev–Trinajstić information content (AvgIpc) is 3.09. The van der Waals surface area contributed by atoms with Gasteiger partial charge in [0.1, 0.15) is 34.9 Å². The van der Waals surface area contributed by atoms with Gasteiger partial charge in [0.05, 0.1) is 5.56 Å². The molecule has 6 heteroatoms. The van der Waals surface area contributed by atoms with Gasteiger partial charge in [0.2, 0.25) is 0 Å². The molecule has 0 fully saturated rings. The molecule has 1 aromatic heterocycles. The first-order valence-corrected chi connectivity index (χ1v) is 8.02. The first-order chi connectivity index (χ1) is 13.0. The van der Waals surface area contributed by atoms with Gasteiger partial charge in [-0.15, -0.1) is 0 Å².